The predicted octanol–water partition coefficient (Wildman–Crippen LogP) is -1.25. The van der Waals surface area contributed by atoms with E-state index >= 15 is 0 Å². The molecule has 0 aliphatic carbocycles. The van der Waals surface area contributed by atoms with Crippen LogP contribution >= 0.6 is 0 Å². The highest BCUT2D eigenvalue weighted by Gasteiger charge is 2.21. The minimum Gasteiger partial charge on any atom is -0.395 e. The van der Waals surface area contributed by atoms with Gasteiger partial charge in [0.1, 0.15) is 11.5 Å². The molecule has 2 rings (SSSR count). The number of hydrogen-bond donors (Lipinski definition) is 2. The van der Waals surface area contributed by atoms with Crippen LogP contribution in [0, 0.1) is 6.92 Å². The first-order valence-electron chi connectivity index (χ1n) is 7.02. The third-order valence-electron chi connectivity index (χ3n) is 3.52. The van der Waals surface area contributed by atoms with Crippen LogP contribution in [-0.4, -0.2) is 48.2 Å². The van der Waals surface area contributed by atoms with Crippen LogP contribution < -0.4 is 11.2 Å². The van der Waals surface area contributed by atoms with E-state index in [0.717, 1.165) is 15.2 Å². The molecule has 23 heavy (non-hydrogen) atoms. The molecule has 0 radical (unpaired) electrons. The van der Waals surface area contributed by atoms with Crippen LogP contribution in [0.5, 0.6) is 0 Å². The van der Waals surface area contributed by atoms with Gasteiger partial charge in [-0.3, -0.25) is 18.7 Å². The van der Waals surface area contributed by atoms with Crippen LogP contribution in [0.1, 0.15) is 22.0 Å². The summed E-state index contributed by atoms with van der Waals surface area (Å²) in [6.07, 6.45) is 1.59. The Bertz CT molecular complexity index is 832. The first-order valence-corrected chi connectivity index (χ1v) is 7.02. The molecule has 0 saturated heterocycles. The second-order valence-corrected chi connectivity index (χ2v) is 5.21. The summed E-state index contributed by atoms with van der Waals surface area (Å²) in [5.41, 5.74) is -0.471. The molecule has 0 aliphatic heterocycles. The zero-order valence-electron chi connectivity index (χ0n) is 13.2. The Morgan fingerprint density at radius 2 is 2.04 bits per heavy atom. The Morgan fingerprint density at radius 1 is 1.35 bits per heavy atom. The number of H-pyrrole nitrogens is 1. The Morgan fingerprint density at radius 3 is 2.61 bits per heavy atom. The third-order valence-corrected chi connectivity index (χ3v) is 3.52. The summed E-state index contributed by atoms with van der Waals surface area (Å²) in [7, 11) is 2.77. The molecule has 0 saturated carbocycles. The normalized spacial score (nSPS) is 10.8. The van der Waals surface area contributed by atoms with Crippen molar-refractivity contribution < 1.29 is 9.90 Å². The number of aliphatic hydroxyl groups excluding tert-OH is 1. The number of amides is 1. The van der Waals surface area contributed by atoms with Crippen LogP contribution in [0.15, 0.2) is 21.9 Å². The number of carbonyl (C=O) groups is 1. The van der Waals surface area contributed by atoms with Crippen molar-refractivity contribution >= 4 is 5.91 Å². The SMILES string of the molecule is Cc1ncc(CN(CCO)C(=O)c2cc(=O)n(C)c(=O)n2C)[nH]1. The van der Waals surface area contributed by atoms with Gasteiger partial charge >= 0.3 is 5.69 Å². The molecule has 2 aromatic heterocycles. The van der Waals surface area contributed by atoms with Crippen molar-refractivity contribution in [3.8, 4) is 0 Å². The summed E-state index contributed by atoms with van der Waals surface area (Å²) in [5, 5.41) is 9.18. The minimum absolute atomic E-state index is 0.0252. The second-order valence-electron chi connectivity index (χ2n) is 5.21. The highest BCUT2D eigenvalue weighted by molar-refractivity contribution is 5.92. The summed E-state index contributed by atoms with van der Waals surface area (Å²) in [4.78, 5) is 44.8. The molecule has 0 fully saturated rings. The number of imidazole rings is 1. The summed E-state index contributed by atoms with van der Waals surface area (Å²) in [6, 6.07) is 1.12. The van der Waals surface area contributed by atoms with Crippen LogP contribution in [0.25, 0.3) is 0 Å². The third kappa shape index (κ3) is 3.39. The number of aromatic amines is 1. The Balaban J connectivity index is 2.38. The van der Waals surface area contributed by atoms with Gasteiger partial charge in [-0.15, -0.1) is 0 Å². The van der Waals surface area contributed by atoms with E-state index in [4.69, 9.17) is 0 Å². The van der Waals surface area contributed by atoms with Gasteiger partial charge in [-0.1, -0.05) is 0 Å². The zero-order valence-corrected chi connectivity index (χ0v) is 13.2. The molecule has 124 valence electrons. The molecular formula is C14H19N5O4. The van der Waals surface area contributed by atoms with Gasteiger partial charge in [-0.2, -0.15) is 0 Å². The van der Waals surface area contributed by atoms with E-state index in [2.05, 4.69) is 9.97 Å². The van der Waals surface area contributed by atoms with Gasteiger partial charge in [-0.05, 0) is 6.92 Å². The lowest BCUT2D eigenvalue weighted by Crippen LogP contribution is -2.42. The van der Waals surface area contributed by atoms with E-state index in [1.165, 1.54) is 19.0 Å². The summed E-state index contributed by atoms with van der Waals surface area (Å²) < 4.78 is 2.04. The number of carbonyl (C=O) groups excluding carboxylic acids is 1. The molecule has 2 aromatic rings. The van der Waals surface area contributed by atoms with E-state index in [0.29, 0.717) is 11.5 Å². The van der Waals surface area contributed by atoms with E-state index in [1.54, 1.807) is 13.1 Å². The van der Waals surface area contributed by atoms with Crippen molar-refractivity contribution in [1.82, 2.24) is 24.0 Å². The number of nitrogens with one attached hydrogen (secondary N) is 1. The average Bonchev–Trinajstić information content (AvgIpc) is 2.93. The van der Waals surface area contributed by atoms with Gasteiger partial charge < -0.3 is 15.0 Å². The maximum Gasteiger partial charge on any atom is 0.331 e. The summed E-state index contributed by atoms with van der Waals surface area (Å²) >= 11 is 0. The lowest BCUT2D eigenvalue weighted by Gasteiger charge is -2.22. The Hall–Kier alpha value is -2.68. The molecule has 2 heterocycles. The molecule has 9 nitrogen and oxygen atoms in total. The molecule has 0 spiro atoms. The van der Waals surface area contributed by atoms with E-state index in [-0.39, 0.29) is 25.4 Å². The first-order chi connectivity index (χ1) is 10.8. The molecular weight excluding hydrogens is 302 g/mol. The van der Waals surface area contributed by atoms with Gasteiger partial charge in [-0.25, -0.2) is 9.78 Å². The van der Waals surface area contributed by atoms with Crippen molar-refractivity contribution in [2.75, 3.05) is 13.2 Å². The number of aromatic nitrogens is 4. The summed E-state index contributed by atoms with van der Waals surface area (Å²) in [5.74, 6) is 0.195. The first kappa shape index (κ1) is 16.7. The Kier molecular flexibility index (Phi) is 4.80. The molecule has 0 unspecified atom stereocenters. The average molecular weight is 321 g/mol. The van der Waals surface area contributed by atoms with Crippen molar-refractivity contribution in [1.29, 1.82) is 0 Å². The highest BCUT2D eigenvalue weighted by Crippen LogP contribution is 2.07. The Labute approximate surface area is 131 Å². The van der Waals surface area contributed by atoms with Crippen LogP contribution in [0.3, 0.4) is 0 Å². The zero-order chi connectivity index (χ0) is 17.1. The predicted molar refractivity (Wildman–Crippen MR) is 82.1 cm³/mol. The lowest BCUT2D eigenvalue weighted by molar-refractivity contribution is 0.0693. The number of nitrogens with zero attached hydrogens (tertiary/aromatic N) is 4. The van der Waals surface area contributed by atoms with E-state index in [9.17, 15) is 19.5 Å². The molecule has 9 heteroatoms. The molecule has 2 N–H and O–H groups in total. The fourth-order valence-electron chi connectivity index (χ4n) is 2.23. The molecule has 1 amide bonds. The molecule has 0 aromatic carbocycles. The largest absolute Gasteiger partial charge is 0.395 e. The van der Waals surface area contributed by atoms with Crippen LogP contribution in [0.2, 0.25) is 0 Å². The summed E-state index contributed by atoms with van der Waals surface area (Å²) in [6.45, 7) is 1.80. The topological polar surface area (TPSA) is 113 Å². The number of rotatable bonds is 5. The number of aryl methyl sites for hydroxylation is 1. The van der Waals surface area contributed by atoms with Crippen molar-refractivity contribution in [2.45, 2.75) is 13.5 Å². The van der Waals surface area contributed by atoms with Crippen molar-refractivity contribution in [2.24, 2.45) is 14.1 Å². The van der Waals surface area contributed by atoms with Crippen LogP contribution in [-0.2, 0) is 20.6 Å². The maximum atomic E-state index is 12.7. The van der Waals surface area contributed by atoms with Crippen LogP contribution in [0.4, 0.5) is 0 Å². The molecule has 0 atom stereocenters. The standard InChI is InChI=1S/C14H19N5O4/c1-9-15-7-10(16-9)8-19(4-5-20)13(22)11-6-12(21)18(3)14(23)17(11)2/h6-7,20H,4-5,8H2,1-3H3,(H,15,16). The molecule has 0 bridgehead atoms. The number of aliphatic hydroxyl groups is 1. The maximum absolute atomic E-state index is 12.7. The van der Waals surface area contributed by atoms with Gasteiger partial charge in [0.25, 0.3) is 11.5 Å². The van der Waals surface area contributed by atoms with E-state index < -0.39 is 17.2 Å². The van der Waals surface area contributed by atoms with Gasteiger partial charge in [0.2, 0.25) is 0 Å². The smallest absolute Gasteiger partial charge is 0.331 e. The second kappa shape index (κ2) is 6.61. The molecule has 0 aliphatic rings. The van der Waals surface area contributed by atoms with E-state index in [1.807, 2.05) is 0 Å². The number of hydrogen-bond acceptors (Lipinski definition) is 5. The van der Waals surface area contributed by atoms with Crippen molar-refractivity contribution in [3.05, 3.63) is 50.3 Å². The minimum atomic E-state index is -0.581. The quantitative estimate of drug-likeness (QED) is 0.714. The van der Waals surface area contributed by atoms with Gasteiger partial charge in [0.15, 0.2) is 0 Å². The monoisotopic (exact) mass is 321 g/mol. The van der Waals surface area contributed by atoms with Gasteiger partial charge in [0, 0.05) is 26.7 Å². The fourth-order valence-corrected chi connectivity index (χ4v) is 2.23. The van der Waals surface area contributed by atoms with Crippen molar-refractivity contribution in [3.63, 3.8) is 0 Å². The van der Waals surface area contributed by atoms with Gasteiger partial charge in [0.05, 0.1) is 25.0 Å². The highest BCUT2D eigenvalue weighted by atomic mass is 16.3. The lowest BCUT2D eigenvalue weighted by atomic mass is 10.3. The fraction of sp³-hybridized carbons (Fsp3) is 0.429.